The number of carboxylic acids is 1. The molecule has 0 aromatic heterocycles. The molecule has 2 atom stereocenters. The average Bonchev–Trinajstić information content (AvgIpc) is 2.33. The molecular formula is C12H8F6O2S2. The third-order valence-electron chi connectivity index (χ3n) is 2.90. The van der Waals surface area contributed by atoms with E-state index in [2.05, 4.69) is 0 Å². The number of aliphatic carboxylic acids is 1. The molecule has 0 saturated heterocycles. The van der Waals surface area contributed by atoms with Gasteiger partial charge in [0.25, 0.3) is 0 Å². The Morgan fingerprint density at radius 2 is 1.86 bits per heavy atom. The van der Waals surface area contributed by atoms with Crippen LogP contribution in [0.1, 0.15) is 6.42 Å². The summed E-state index contributed by atoms with van der Waals surface area (Å²) in [5, 5.41) is 6.02. The van der Waals surface area contributed by atoms with Gasteiger partial charge in [-0.15, -0.1) is 11.8 Å². The minimum atomic E-state index is -4.73. The van der Waals surface area contributed by atoms with Crippen LogP contribution < -0.4 is 0 Å². The molecule has 0 fully saturated rings. The van der Waals surface area contributed by atoms with Gasteiger partial charge >= 0.3 is 17.7 Å². The smallest absolute Gasteiger partial charge is 0.446 e. The van der Waals surface area contributed by atoms with Crippen molar-refractivity contribution in [2.45, 2.75) is 28.6 Å². The van der Waals surface area contributed by atoms with Crippen LogP contribution in [0.15, 0.2) is 34.3 Å². The van der Waals surface area contributed by atoms with Gasteiger partial charge in [-0.3, -0.25) is 0 Å². The Kier molecular flexibility index (Phi) is 4.63. The van der Waals surface area contributed by atoms with E-state index in [1.165, 1.54) is 6.08 Å². The first-order valence-corrected chi connectivity index (χ1v) is 7.58. The number of hydrogen-bond donors (Lipinski definition) is 1. The van der Waals surface area contributed by atoms with Crippen LogP contribution in [0.25, 0.3) is 0 Å². The maximum absolute atomic E-state index is 12.9. The molecule has 1 aliphatic carbocycles. The third-order valence-corrected chi connectivity index (χ3v) is 5.23. The van der Waals surface area contributed by atoms with Crippen LogP contribution in [0.4, 0.5) is 26.3 Å². The summed E-state index contributed by atoms with van der Waals surface area (Å²) in [6.07, 6.45) is -1.59. The van der Waals surface area contributed by atoms with E-state index in [-0.39, 0.29) is 28.7 Å². The monoisotopic (exact) mass is 362 g/mol. The molecule has 1 heterocycles. The molecule has 2 nitrogen and oxygen atoms in total. The van der Waals surface area contributed by atoms with Crippen molar-refractivity contribution in [3.8, 4) is 0 Å². The van der Waals surface area contributed by atoms with Gasteiger partial charge in [-0.25, -0.2) is 4.79 Å². The minimum absolute atomic E-state index is 0.00904. The molecule has 0 bridgehead atoms. The minimum Gasteiger partial charge on any atom is -0.478 e. The van der Waals surface area contributed by atoms with E-state index in [0.717, 1.165) is 12.2 Å². The fraction of sp³-hybridized carbons (Fsp3) is 0.417. The average molecular weight is 362 g/mol. The zero-order chi connectivity index (χ0) is 16.7. The number of carbonyl (C=O) groups is 1. The Balaban J connectivity index is 2.33. The van der Waals surface area contributed by atoms with Crippen LogP contribution in [0, 0.1) is 0 Å². The lowest BCUT2D eigenvalue weighted by Crippen LogP contribution is -2.36. The van der Waals surface area contributed by atoms with Crippen LogP contribution in [-0.2, 0) is 4.79 Å². The van der Waals surface area contributed by atoms with Crippen molar-refractivity contribution in [1.29, 1.82) is 0 Å². The summed E-state index contributed by atoms with van der Waals surface area (Å²) in [5.74, 6) is -1.73. The third kappa shape index (κ3) is 4.03. The highest BCUT2D eigenvalue weighted by atomic mass is 32.2. The molecule has 0 amide bonds. The van der Waals surface area contributed by atoms with E-state index >= 15 is 0 Å². The van der Waals surface area contributed by atoms with Crippen LogP contribution in [0.2, 0.25) is 0 Å². The second kappa shape index (κ2) is 5.88. The van der Waals surface area contributed by atoms with E-state index in [0.29, 0.717) is 11.8 Å². The Morgan fingerprint density at radius 3 is 2.36 bits per heavy atom. The summed E-state index contributed by atoms with van der Waals surface area (Å²) in [7, 11) is 0. The number of rotatable bonds is 2. The second-order valence-corrected chi connectivity index (χ2v) is 6.94. The van der Waals surface area contributed by atoms with Crippen molar-refractivity contribution in [1.82, 2.24) is 0 Å². The molecule has 0 aromatic carbocycles. The summed E-state index contributed by atoms with van der Waals surface area (Å²) >= 11 is 0.0273. The molecule has 0 radical (unpaired) electrons. The molecule has 0 aromatic rings. The zero-order valence-corrected chi connectivity index (χ0v) is 12.2. The molecule has 2 rings (SSSR count). The number of carboxylic acid groups (broad SMARTS) is 1. The fourth-order valence-electron chi connectivity index (χ4n) is 2.07. The Labute approximate surface area is 129 Å². The van der Waals surface area contributed by atoms with Crippen LogP contribution in [0.5, 0.6) is 0 Å². The lowest BCUT2D eigenvalue weighted by Gasteiger charge is -2.32. The maximum Gasteiger partial charge on any atom is 0.446 e. The standard InChI is InChI=1S/C12H8F6O2S2/c13-11(14,15)9-7(10(19)20)4-5-3-6(22-12(16,17)18)1-2-8(5)21-9/h1,3-4,8-9H,2H2,(H,19,20). The summed E-state index contributed by atoms with van der Waals surface area (Å²) in [6, 6.07) is 0. The largest absolute Gasteiger partial charge is 0.478 e. The van der Waals surface area contributed by atoms with Crippen molar-refractivity contribution >= 4 is 29.5 Å². The number of allylic oxidation sites excluding steroid dienone is 3. The number of hydrogen-bond acceptors (Lipinski definition) is 3. The Morgan fingerprint density at radius 1 is 1.23 bits per heavy atom. The first-order chi connectivity index (χ1) is 9.97. The molecule has 2 unspecified atom stereocenters. The molecule has 10 heteroatoms. The summed E-state index contributed by atoms with van der Waals surface area (Å²) in [4.78, 5) is 10.8. The van der Waals surface area contributed by atoms with E-state index in [4.69, 9.17) is 5.11 Å². The van der Waals surface area contributed by atoms with Gasteiger partial charge in [0.05, 0.1) is 5.57 Å². The van der Waals surface area contributed by atoms with Crippen molar-refractivity contribution in [2.24, 2.45) is 0 Å². The lowest BCUT2D eigenvalue weighted by molar-refractivity contribution is -0.140. The van der Waals surface area contributed by atoms with Gasteiger partial charge in [-0.1, -0.05) is 6.08 Å². The van der Waals surface area contributed by atoms with Gasteiger partial charge in [0.2, 0.25) is 0 Å². The highest BCUT2D eigenvalue weighted by molar-refractivity contribution is 8.04. The predicted molar refractivity (Wildman–Crippen MR) is 71.4 cm³/mol. The van der Waals surface area contributed by atoms with Crippen molar-refractivity contribution in [2.75, 3.05) is 0 Å². The van der Waals surface area contributed by atoms with Gasteiger partial charge < -0.3 is 5.11 Å². The van der Waals surface area contributed by atoms with Gasteiger partial charge in [0.1, 0.15) is 5.25 Å². The first-order valence-electron chi connectivity index (χ1n) is 5.82. The Bertz CT molecular complexity index is 573. The second-order valence-electron chi connectivity index (χ2n) is 4.49. The highest BCUT2D eigenvalue weighted by Crippen LogP contribution is 2.48. The number of halogens is 6. The van der Waals surface area contributed by atoms with E-state index in [1.807, 2.05) is 0 Å². The van der Waals surface area contributed by atoms with Crippen molar-refractivity contribution < 1.29 is 36.2 Å². The normalized spacial score (nSPS) is 25.8. The van der Waals surface area contributed by atoms with Crippen molar-refractivity contribution in [3.63, 3.8) is 0 Å². The molecular weight excluding hydrogens is 354 g/mol. The van der Waals surface area contributed by atoms with Crippen LogP contribution in [-0.4, -0.2) is 33.3 Å². The summed E-state index contributed by atoms with van der Waals surface area (Å²) in [6.45, 7) is 0. The van der Waals surface area contributed by atoms with Gasteiger partial charge in [-0.2, -0.15) is 26.3 Å². The fourth-order valence-corrected chi connectivity index (χ4v) is 4.01. The van der Waals surface area contributed by atoms with E-state index in [1.54, 1.807) is 0 Å². The maximum atomic E-state index is 12.9. The topological polar surface area (TPSA) is 37.3 Å². The quantitative estimate of drug-likeness (QED) is 0.734. The predicted octanol–water partition coefficient (Wildman–Crippen LogP) is 4.51. The molecule has 0 saturated carbocycles. The molecule has 0 spiro atoms. The number of alkyl halides is 6. The summed E-state index contributed by atoms with van der Waals surface area (Å²) < 4.78 is 75.6. The van der Waals surface area contributed by atoms with E-state index in [9.17, 15) is 31.1 Å². The van der Waals surface area contributed by atoms with Crippen molar-refractivity contribution in [3.05, 3.63) is 34.3 Å². The van der Waals surface area contributed by atoms with Gasteiger partial charge in [0, 0.05) is 10.2 Å². The lowest BCUT2D eigenvalue weighted by atomic mass is 9.99. The number of fused-ring (bicyclic) bond motifs is 1. The van der Waals surface area contributed by atoms with Gasteiger partial charge in [-0.05, 0) is 35.9 Å². The summed E-state index contributed by atoms with van der Waals surface area (Å²) in [5.41, 5.74) is -5.21. The van der Waals surface area contributed by atoms with Gasteiger partial charge in [0.15, 0.2) is 0 Å². The molecule has 2 aliphatic rings. The van der Waals surface area contributed by atoms with Crippen LogP contribution >= 0.6 is 23.5 Å². The molecule has 122 valence electrons. The highest BCUT2D eigenvalue weighted by Gasteiger charge is 2.48. The Hall–Kier alpha value is -1.03. The number of thioether (sulfide) groups is 2. The molecule has 22 heavy (non-hydrogen) atoms. The van der Waals surface area contributed by atoms with Crippen LogP contribution in [0.3, 0.4) is 0 Å². The molecule has 1 aliphatic heterocycles. The SMILES string of the molecule is O=C(O)C1=CC2=CC(SC(F)(F)F)=CCC2SC1C(F)(F)F. The first kappa shape index (κ1) is 17.3. The molecule has 1 N–H and O–H groups in total. The van der Waals surface area contributed by atoms with E-state index < -0.39 is 33.7 Å². The zero-order valence-electron chi connectivity index (χ0n) is 10.5.